The fourth-order valence-corrected chi connectivity index (χ4v) is 2.66. The van der Waals surface area contributed by atoms with Crippen LogP contribution in [0.5, 0.6) is 0 Å². The molecule has 0 bridgehead atoms. The third-order valence-electron chi connectivity index (χ3n) is 3.78. The van der Waals surface area contributed by atoms with Crippen LogP contribution in [0.1, 0.15) is 5.56 Å². The summed E-state index contributed by atoms with van der Waals surface area (Å²) in [4.78, 5) is 10.6. The first-order valence-corrected chi connectivity index (χ1v) is 7.82. The zero-order valence-corrected chi connectivity index (χ0v) is 13.6. The Labute approximate surface area is 144 Å². The van der Waals surface area contributed by atoms with Gasteiger partial charge in [0, 0.05) is 12.5 Å². The molecular weight excluding hydrogens is 330 g/mol. The van der Waals surface area contributed by atoms with Crippen LogP contribution in [0.25, 0.3) is 0 Å². The summed E-state index contributed by atoms with van der Waals surface area (Å²) in [6.07, 6.45) is 1.34. The smallest absolute Gasteiger partial charge is 0.309 e. The van der Waals surface area contributed by atoms with Crippen LogP contribution in [0.15, 0.2) is 53.9 Å². The molecule has 8 heteroatoms. The molecule has 0 saturated heterocycles. The summed E-state index contributed by atoms with van der Waals surface area (Å²) in [5.74, 6) is -0.0850. The van der Waals surface area contributed by atoms with Crippen LogP contribution in [0.2, 0.25) is 0 Å². The summed E-state index contributed by atoms with van der Waals surface area (Å²) < 4.78 is 11.0. The van der Waals surface area contributed by atoms with E-state index in [9.17, 15) is 15.2 Å². The number of hydrogen-bond donors (Lipinski definition) is 3. The molecule has 2 rings (SSSR count). The van der Waals surface area contributed by atoms with Crippen LogP contribution in [0.3, 0.4) is 0 Å². The third kappa shape index (κ3) is 4.64. The van der Waals surface area contributed by atoms with E-state index in [1.165, 1.54) is 6.08 Å². The number of benzene rings is 1. The van der Waals surface area contributed by atoms with Crippen molar-refractivity contribution in [3.63, 3.8) is 0 Å². The third-order valence-corrected chi connectivity index (χ3v) is 3.78. The van der Waals surface area contributed by atoms with Crippen molar-refractivity contribution in [1.29, 1.82) is 0 Å². The monoisotopic (exact) mass is 351 g/mol. The van der Waals surface area contributed by atoms with Gasteiger partial charge in [-0.1, -0.05) is 30.3 Å². The van der Waals surface area contributed by atoms with Crippen LogP contribution >= 0.6 is 0 Å². The molecule has 136 valence electrons. The van der Waals surface area contributed by atoms with E-state index in [-0.39, 0.29) is 38.6 Å². The number of ether oxygens (including phenoxy) is 2. The first kappa shape index (κ1) is 19.1. The molecule has 0 saturated carbocycles. The maximum Gasteiger partial charge on any atom is 0.309 e. The molecule has 0 fully saturated rings. The zero-order valence-electron chi connectivity index (χ0n) is 13.6. The molecule has 0 amide bonds. The topological polar surface area (TPSA) is 122 Å². The predicted molar refractivity (Wildman–Crippen MR) is 88.1 cm³/mol. The van der Waals surface area contributed by atoms with Gasteiger partial charge in [0.2, 0.25) is 0 Å². The van der Waals surface area contributed by atoms with Gasteiger partial charge in [0.25, 0.3) is 0 Å². The number of rotatable bonds is 9. The summed E-state index contributed by atoms with van der Waals surface area (Å²) in [6.45, 7) is -0.770. The van der Waals surface area contributed by atoms with E-state index in [1.54, 1.807) is 0 Å². The van der Waals surface area contributed by atoms with Gasteiger partial charge in [0.1, 0.15) is 18.3 Å². The molecule has 1 aromatic rings. The van der Waals surface area contributed by atoms with Crippen LogP contribution in [0.4, 0.5) is 0 Å². The van der Waals surface area contributed by atoms with E-state index >= 15 is 0 Å². The number of aliphatic hydroxyl groups excluding tert-OH is 3. The highest BCUT2D eigenvalue weighted by Crippen LogP contribution is 2.33. The van der Waals surface area contributed by atoms with Crippen LogP contribution in [-0.4, -0.2) is 58.4 Å². The molecule has 25 heavy (non-hydrogen) atoms. The number of nitro groups is 1. The molecule has 2 atom stereocenters. The Balaban J connectivity index is 2.41. The van der Waals surface area contributed by atoms with Gasteiger partial charge in [-0.2, -0.15) is 0 Å². The second kappa shape index (κ2) is 8.72. The van der Waals surface area contributed by atoms with Gasteiger partial charge in [-0.05, 0) is 11.6 Å². The van der Waals surface area contributed by atoms with Gasteiger partial charge >= 0.3 is 5.70 Å². The molecule has 0 radical (unpaired) electrons. The summed E-state index contributed by atoms with van der Waals surface area (Å²) in [6, 6.07) is 9.18. The van der Waals surface area contributed by atoms with E-state index in [0.717, 1.165) is 11.6 Å². The highest BCUT2D eigenvalue weighted by Gasteiger charge is 2.44. The quantitative estimate of drug-likeness (QED) is 0.435. The first-order chi connectivity index (χ1) is 12.0. The van der Waals surface area contributed by atoms with E-state index in [1.807, 2.05) is 30.3 Å². The van der Waals surface area contributed by atoms with Crippen molar-refractivity contribution >= 4 is 0 Å². The van der Waals surface area contributed by atoms with E-state index in [0.29, 0.717) is 0 Å². The van der Waals surface area contributed by atoms with E-state index < -0.39 is 22.3 Å². The lowest BCUT2D eigenvalue weighted by molar-refractivity contribution is -0.425. The van der Waals surface area contributed by atoms with Crippen LogP contribution in [0, 0.1) is 10.1 Å². The molecule has 1 aliphatic rings. The van der Waals surface area contributed by atoms with Gasteiger partial charge in [0.05, 0.1) is 24.7 Å². The Morgan fingerprint density at radius 3 is 2.44 bits per heavy atom. The van der Waals surface area contributed by atoms with Crippen molar-refractivity contribution in [1.82, 2.24) is 0 Å². The maximum atomic E-state index is 11.2. The van der Waals surface area contributed by atoms with Gasteiger partial charge in [-0.15, -0.1) is 0 Å². The van der Waals surface area contributed by atoms with Crippen LogP contribution < -0.4 is 0 Å². The molecule has 1 aromatic carbocycles. The molecule has 1 aliphatic carbocycles. The second-order valence-corrected chi connectivity index (χ2v) is 5.52. The Morgan fingerprint density at radius 2 is 1.84 bits per heavy atom. The lowest BCUT2D eigenvalue weighted by atomic mass is 9.84. The fourth-order valence-electron chi connectivity index (χ4n) is 2.66. The highest BCUT2D eigenvalue weighted by atomic mass is 16.6. The molecule has 3 N–H and O–H groups in total. The Morgan fingerprint density at radius 1 is 1.16 bits per heavy atom. The number of hydrogen-bond acceptors (Lipinski definition) is 7. The molecule has 0 aliphatic heterocycles. The van der Waals surface area contributed by atoms with E-state index in [2.05, 4.69) is 0 Å². The molecule has 0 spiro atoms. The summed E-state index contributed by atoms with van der Waals surface area (Å²) in [5.41, 5.74) is -0.874. The summed E-state index contributed by atoms with van der Waals surface area (Å²) in [7, 11) is 0. The van der Waals surface area contributed by atoms with Gasteiger partial charge in [-0.3, -0.25) is 10.1 Å². The first-order valence-electron chi connectivity index (χ1n) is 7.82. The number of nitrogens with zero attached hydrogens (tertiary/aromatic N) is 1. The van der Waals surface area contributed by atoms with Crippen molar-refractivity contribution in [3.8, 4) is 0 Å². The normalized spacial score (nSPS) is 22.9. The molecule has 0 aromatic heterocycles. The second-order valence-electron chi connectivity index (χ2n) is 5.52. The Hall–Kier alpha value is -2.26. The van der Waals surface area contributed by atoms with Crippen molar-refractivity contribution in [2.75, 3.05) is 26.4 Å². The minimum Gasteiger partial charge on any atom is -0.485 e. The molecule has 2 unspecified atom stereocenters. The SMILES string of the molecule is O=[N+]([O-])C1=CC(O)C(Cc2ccccc2)(OCCO)C=C1OCCO. The fraction of sp³-hybridized carbons (Fsp3) is 0.412. The number of aliphatic hydroxyl groups is 3. The lowest BCUT2D eigenvalue weighted by Gasteiger charge is -2.36. The van der Waals surface area contributed by atoms with Crippen LogP contribution in [-0.2, 0) is 15.9 Å². The predicted octanol–water partition coefficient (Wildman–Crippen LogP) is 0.405. The highest BCUT2D eigenvalue weighted by molar-refractivity contribution is 5.35. The van der Waals surface area contributed by atoms with Crippen molar-refractivity contribution in [2.45, 2.75) is 18.1 Å². The zero-order chi connectivity index (χ0) is 18.3. The minimum absolute atomic E-state index is 0.0602. The Bertz CT molecular complexity index is 644. The molecule has 0 heterocycles. The van der Waals surface area contributed by atoms with Gasteiger partial charge < -0.3 is 24.8 Å². The van der Waals surface area contributed by atoms with Gasteiger partial charge in [-0.25, -0.2) is 0 Å². The summed E-state index contributed by atoms with van der Waals surface area (Å²) in [5, 5.41) is 39.8. The Kier molecular flexibility index (Phi) is 6.65. The van der Waals surface area contributed by atoms with Crippen molar-refractivity contribution < 1.29 is 29.7 Å². The van der Waals surface area contributed by atoms with Crippen molar-refractivity contribution in [2.24, 2.45) is 0 Å². The average molecular weight is 351 g/mol. The van der Waals surface area contributed by atoms with E-state index in [4.69, 9.17) is 19.7 Å². The summed E-state index contributed by atoms with van der Waals surface area (Å²) >= 11 is 0. The van der Waals surface area contributed by atoms with Crippen molar-refractivity contribution in [3.05, 3.63) is 69.6 Å². The maximum absolute atomic E-state index is 11.2. The standard InChI is InChI=1S/C17H21NO7/c19-6-8-24-15-12-17(25-9-7-20,11-13-4-2-1-3-5-13)16(21)10-14(15)18(22)23/h1-5,10,12,16,19-21H,6-9,11H2. The van der Waals surface area contributed by atoms with Gasteiger partial charge in [0.15, 0.2) is 5.76 Å². The average Bonchev–Trinajstić information content (AvgIpc) is 2.61. The lowest BCUT2D eigenvalue weighted by Crippen LogP contribution is -2.47. The molecule has 8 nitrogen and oxygen atoms in total. The largest absolute Gasteiger partial charge is 0.485 e. The molecular formula is C17H21NO7. The minimum atomic E-state index is -1.33.